The maximum atomic E-state index is 11.7. The molecule has 1 atom stereocenters. The second-order valence-electron chi connectivity index (χ2n) is 3.69. The highest BCUT2D eigenvalue weighted by Gasteiger charge is 2.11. The Labute approximate surface area is 103 Å². The molecule has 0 aliphatic heterocycles. The molecule has 0 aliphatic carbocycles. The fourth-order valence-electron chi connectivity index (χ4n) is 1.23. The summed E-state index contributed by atoms with van der Waals surface area (Å²) in [5.74, 6) is 0.0572. The van der Waals surface area contributed by atoms with Gasteiger partial charge in [-0.2, -0.15) is 0 Å². The molecule has 5 heteroatoms. The number of rotatable bonds is 5. The number of carbonyl (C=O) groups is 1. The molecule has 0 aromatic carbocycles. The minimum absolute atomic E-state index is 0.0897. The number of nitrogens with one attached hydrogen (secondary N) is 1. The van der Waals surface area contributed by atoms with E-state index >= 15 is 0 Å². The molecule has 1 amide bonds. The van der Waals surface area contributed by atoms with Crippen LogP contribution in [0.4, 0.5) is 0 Å². The maximum absolute atomic E-state index is 11.7. The third kappa shape index (κ3) is 3.81. The predicted octanol–water partition coefficient (Wildman–Crippen LogP) is 1.94. The molecule has 1 aromatic heterocycles. The van der Waals surface area contributed by atoms with Crippen molar-refractivity contribution in [2.24, 2.45) is 5.92 Å². The topological polar surface area (TPSA) is 62.2 Å². The van der Waals surface area contributed by atoms with Crippen molar-refractivity contribution in [1.82, 2.24) is 10.3 Å². The van der Waals surface area contributed by atoms with Crippen molar-refractivity contribution in [3.8, 4) is 5.75 Å². The van der Waals surface area contributed by atoms with E-state index in [1.165, 1.54) is 18.5 Å². The van der Waals surface area contributed by atoms with Gasteiger partial charge < -0.3 is 10.4 Å². The van der Waals surface area contributed by atoms with Gasteiger partial charge in [-0.25, -0.2) is 0 Å². The van der Waals surface area contributed by atoms with E-state index in [2.05, 4.69) is 33.2 Å². The van der Waals surface area contributed by atoms with Crippen molar-refractivity contribution >= 4 is 21.8 Å². The molecule has 0 radical (unpaired) electrons. The molecule has 0 spiro atoms. The first-order valence-electron chi connectivity index (χ1n) is 5.12. The monoisotopic (exact) mass is 286 g/mol. The number of carbonyl (C=O) groups excluding carboxylic acids is 1. The van der Waals surface area contributed by atoms with Crippen molar-refractivity contribution < 1.29 is 9.90 Å². The average Bonchev–Trinajstić information content (AvgIpc) is 2.27. The van der Waals surface area contributed by atoms with Gasteiger partial charge in [-0.3, -0.25) is 9.78 Å². The summed E-state index contributed by atoms with van der Waals surface area (Å²) in [6, 6.07) is 1.50. The normalized spacial score (nSPS) is 12.1. The lowest BCUT2D eigenvalue weighted by Gasteiger charge is -2.11. The minimum atomic E-state index is -0.263. The fraction of sp³-hybridized carbons (Fsp3) is 0.455. The van der Waals surface area contributed by atoms with Crippen LogP contribution in [-0.4, -0.2) is 27.9 Å². The molecule has 0 saturated carbocycles. The number of alkyl halides is 1. The summed E-state index contributed by atoms with van der Waals surface area (Å²) in [5.41, 5.74) is 0.265. The second-order valence-corrected chi connectivity index (χ2v) is 4.48. The SMILES string of the molecule is CC(CCBr)CNC(=O)c1ccncc1O. The predicted molar refractivity (Wildman–Crippen MR) is 65.8 cm³/mol. The molecule has 1 heterocycles. The first-order chi connectivity index (χ1) is 7.65. The Morgan fingerprint density at radius 1 is 1.69 bits per heavy atom. The van der Waals surface area contributed by atoms with Gasteiger partial charge in [0.25, 0.3) is 5.91 Å². The lowest BCUT2D eigenvalue weighted by atomic mass is 10.1. The highest BCUT2D eigenvalue weighted by atomic mass is 79.9. The van der Waals surface area contributed by atoms with Crippen LogP contribution in [0, 0.1) is 5.92 Å². The molecule has 1 unspecified atom stereocenters. The van der Waals surface area contributed by atoms with Gasteiger partial charge in [-0.15, -0.1) is 0 Å². The average molecular weight is 287 g/mol. The summed E-state index contributed by atoms with van der Waals surface area (Å²) in [6.07, 6.45) is 3.75. The first kappa shape index (κ1) is 13.0. The Morgan fingerprint density at radius 3 is 3.06 bits per heavy atom. The Bertz CT molecular complexity index is 358. The molecular formula is C11H15BrN2O2. The molecule has 0 fully saturated rings. The maximum Gasteiger partial charge on any atom is 0.255 e. The first-order valence-corrected chi connectivity index (χ1v) is 6.24. The highest BCUT2D eigenvalue weighted by molar-refractivity contribution is 9.09. The molecule has 4 nitrogen and oxygen atoms in total. The molecule has 88 valence electrons. The molecule has 0 aliphatic rings. The van der Waals surface area contributed by atoms with E-state index in [9.17, 15) is 9.90 Å². The van der Waals surface area contributed by atoms with E-state index in [0.29, 0.717) is 12.5 Å². The van der Waals surface area contributed by atoms with E-state index in [4.69, 9.17) is 0 Å². The molecule has 0 bridgehead atoms. The number of aromatic nitrogens is 1. The van der Waals surface area contributed by atoms with Crippen LogP contribution < -0.4 is 5.32 Å². The quantitative estimate of drug-likeness (QED) is 0.813. The van der Waals surface area contributed by atoms with Crippen LogP contribution in [0.1, 0.15) is 23.7 Å². The van der Waals surface area contributed by atoms with Crippen molar-refractivity contribution in [3.05, 3.63) is 24.0 Å². The Balaban J connectivity index is 2.50. The van der Waals surface area contributed by atoms with Crippen LogP contribution in [-0.2, 0) is 0 Å². The largest absolute Gasteiger partial charge is 0.505 e. The number of pyridine rings is 1. The van der Waals surface area contributed by atoms with Crippen molar-refractivity contribution in [3.63, 3.8) is 0 Å². The number of halogens is 1. The number of amides is 1. The van der Waals surface area contributed by atoms with Gasteiger partial charge in [-0.1, -0.05) is 22.9 Å². The van der Waals surface area contributed by atoms with Gasteiger partial charge in [0.2, 0.25) is 0 Å². The van der Waals surface area contributed by atoms with Crippen molar-refractivity contribution in [2.75, 3.05) is 11.9 Å². The third-order valence-corrected chi connectivity index (χ3v) is 2.72. The molecule has 1 aromatic rings. The molecular weight excluding hydrogens is 272 g/mol. The Kier molecular flexibility index (Phi) is 5.25. The number of hydrogen-bond donors (Lipinski definition) is 2. The number of aromatic hydroxyl groups is 1. The van der Waals surface area contributed by atoms with Gasteiger partial charge in [0.15, 0.2) is 0 Å². The van der Waals surface area contributed by atoms with Gasteiger partial charge in [0.1, 0.15) is 5.75 Å². The summed E-state index contributed by atoms with van der Waals surface area (Å²) in [4.78, 5) is 15.4. The standard InChI is InChI=1S/C11H15BrN2O2/c1-8(2-4-12)6-14-11(16)9-3-5-13-7-10(9)15/h3,5,7-8,15H,2,4,6H2,1H3,(H,14,16). The Hall–Kier alpha value is -1.10. The molecule has 2 N–H and O–H groups in total. The molecule has 0 saturated heterocycles. The number of hydrogen-bond acceptors (Lipinski definition) is 3. The van der Waals surface area contributed by atoms with Gasteiger partial charge in [-0.05, 0) is 18.4 Å². The summed E-state index contributed by atoms with van der Waals surface area (Å²) >= 11 is 3.35. The van der Waals surface area contributed by atoms with E-state index in [-0.39, 0.29) is 17.2 Å². The Morgan fingerprint density at radius 2 is 2.44 bits per heavy atom. The fourth-order valence-corrected chi connectivity index (χ4v) is 2.01. The van der Waals surface area contributed by atoms with E-state index in [0.717, 1.165) is 11.8 Å². The smallest absolute Gasteiger partial charge is 0.255 e. The van der Waals surface area contributed by atoms with Crippen LogP contribution in [0.3, 0.4) is 0 Å². The second kappa shape index (κ2) is 6.48. The lowest BCUT2D eigenvalue weighted by molar-refractivity contribution is 0.0945. The van der Waals surface area contributed by atoms with Gasteiger partial charge in [0, 0.05) is 18.1 Å². The van der Waals surface area contributed by atoms with E-state index in [1.54, 1.807) is 0 Å². The van der Waals surface area contributed by atoms with Crippen LogP contribution in [0.5, 0.6) is 5.75 Å². The minimum Gasteiger partial charge on any atom is -0.505 e. The summed E-state index contributed by atoms with van der Waals surface area (Å²) < 4.78 is 0. The van der Waals surface area contributed by atoms with Gasteiger partial charge >= 0.3 is 0 Å². The molecule has 1 rings (SSSR count). The zero-order valence-corrected chi connectivity index (χ0v) is 10.7. The highest BCUT2D eigenvalue weighted by Crippen LogP contribution is 2.13. The lowest BCUT2D eigenvalue weighted by Crippen LogP contribution is -2.28. The zero-order valence-electron chi connectivity index (χ0n) is 9.11. The molecule has 16 heavy (non-hydrogen) atoms. The third-order valence-electron chi connectivity index (χ3n) is 2.26. The summed E-state index contributed by atoms with van der Waals surface area (Å²) in [6.45, 7) is 2.67. The van der Waals surface area contributed by atoms with Crippen LogP contribution >= 0.6 is 15.9 Å². The summed E-state index contributed by atoms with van der Waals surface area (Å²) in [7, 11) is 0. The van der Waals surface area contributed by atoms with Crippen molar-refractivity contribution in [2.45, 2.75) is 13.3 Å². The summed E-state index contributed by atoms with van der Waals surface area (Å²) in [5, 5.41) is 13.1. The van der Waals surface area contributed by atoms with Gasteiger partial charge in [0.05, 0.1) is 11.8 Å². The number of nitrogens with zero attached hydrogens (tertiary/aromatic N) is 1. The van der Waals surface area contributed by atoms with E-state index < -0.39 is 0 Å². The van der Waals surface area contributed by atoms with E-state index in [1.807, 2.05) is 0 Å². The van der Waals surface area contributed by atoms with Crippen molar-refractivity contribution in [1.29, 1.82) is 0 Å². The van der Waals surface area contributed by atoms with Crippen LogP contribution in [0.2, 0.25) is 0 Å². The van der Waals surface area contributed by atoms with Crippen LogP contribution in [0.15, 0.2) is 18.5 Å². The zero-order chi connectivity index (χ0) is 12.0. The van der Waals surface area contributed by atoms with Crippen LogP contribution in [0.25, 0.3) is 0 Å².